The molecule has 34 heavy (non-hydrogen) atoms. The maximum atomic E-state index is 12.2. The summed E-state index contributed by atoms with van der Waals surface area (Å²) in [6.07, 6.45) is 25.4. The van der Waals surface area contributed by atoms with E-state index in [9.17, 15) is 14.4 Å². The first-order valence-corrected chi connectivity index (χ1v) is 13.4. The van der Waals surface area contributed by atoms with Crippen molar-refractivity contribution >= 4 is 18.5 Å². The highest BCUT2D eigenvalue weighted by Crippen LogP contribution is 2.20. The average molecular weight is 474 g/mol. The lowest BCUT2D eigenvalue weighted by molar-refractivity contribution is -0.143. The molecule has 0 N–H and O–H groups in total. The molecule has 5 heteroatoms. The van der Waals surface area contributed by atoms with Crippen molar-refractivity contribution in [3.8, 4) is 5.75 Å². The highest BCUT2D eigenvalue weighted by molar-refractivity contribution is 5.83. The van der Waals surface area contributed by atoms with Gasteiger partial charge in [-0.25, -0.2) is 0 Å². The second kappa shape index (κ2) is 17.3. The minimum Gasteiger partial charge on any atom is -0.420 e. The van der Waals surface area contributed by atoms with Gasteiger partial charge in [0.2, 0.25) is 11.2 Å². The summed E-state index contributed by atoms with van der Waals surface area (Å²) < 4.78 is 6.81. The summed E-state index contributed by atoms with van der Waals surface area (Å²) in [5, 5.41) is 0. The quantitative estimate of drug-likeness (QED) is 0.123. The number of ether oxygens (including phenoxy) is 1. The van der Waals surface area contributed by atoms with Crippen LogP contribution in [0.4, 0.5) is 0 Å². The van der Waals surface area contributed by atoms with Gasteiger partial charge in [0.1, 0.15) is 5.69 Å². The molecule has 0 spiro atoms. The monoisotopic (exact) mass is 473 g/mol. The van der Waals surface area contributed by atoms with Crippen molar-refractivity contribution in [1.82, 2.24) is 4.57 Å². The molecule has 0 aliphatic carbocycles. The number of carbonyl (C=O) groups excluding carboxylic acids is 2. The van der Waals surface area contributed by atoms with Gasteiger partial charge < -0.3 is 9.30 Å². The zero-order valence-electron chi connectivity index (χ0n) is 22.1. The fourth-order valence-electron chi connectivity index (χ4n) is 3.79. The van der Waals surface area contributed by atoms with Gasteiger partial charge in [0.25, 0.3) is 0 Å². The third-order valence-corrected chi connectivity index (χ3v) is 6.03. The molecule has 0 radical (unpaired) electrons. The number of allylic oxidation sites excluding steroid dienone is 1. The van der Waals surface area contributed by atoms with E-state index in [1.807, 2.05) is 6.08 Å². The first kappa shape index (κ1) is 29.9. The Morgan fingerprint density at radius 1 is 0.882 bits per heavy atom. The van der Waals surface area contributed by atoms with Crippen LogP contribution in [0.1, 0.15) is 134 Å². The molecule has 0 atom stereocenters. The first-order valence-electron chi connectivity index (χ1n) is 13.4. The Morgan fingerprint density at radius 3 is 1.85 bits per heavy atom. The van der Waals surface area contributed by atoms with E-state index in [-0.39, 0.29) is 11.4 Å². The summed E-state index contributed by atoms with van der Waals surface area (Å²) in [6, 6.07) is 1.31. The number of hydrogen-bond donors (Lipinski definition) is 0. The summed E-state index contributed by atoms with van der Waals surface area (Å²) >= 11 is 0. The van der Waals surface area contributed by atoms with Gasteiger partial charge >= 0.3 is 5.97 Å². The molecule has 0 unspecified atom stereocenters. The largest absolute Gasteiger partial charge is 0.420 e. The van der Waals surface area contributed by atoms with E-state index in [4.69, 9.17) is 4.74 Å². The Hall–Kier alpha value is -2.17. The number of rotatable bonds is 18. The number of carbonyl (C=O) groups is 2. The molecule has 0 bridgehead atoms. The SMILES string of the molecule is CCCCCCCCCCCCCCCCC=Cn1ccc(=O)c(OC(=O)C(C)(C)C)c1C=O. The molecular formula is C29H47NO4. The lowest BCUT2D eigenvalue weighted by atomic mass is 9.97. The van der Waals surface area contributed by atoms with Gasteiger partial charge in [0.15, 0.2) is 6.29 Å². The Balaban J connectivity index is 2.27. The molecule has 192 valence electrons. The van der Waals surface area contributed by atoms with E-state index in [2.05, 4.69) is 6.92 Å². The Morgan fingerprint density at radius 2 is 1.38 bits per heavy atom. The van der Waals surface area contributed by atoms with Crippen LogP contribution in [-0.4, -0.2) is 16.8 Å². The van der Waals surface area contributed by atoms with Gasteiger partial charge in [-0.3, -0.25) is 14.4 Å². The topological polar surface area (TPSA) is 65.4 Å². The van der Waals surface area contributed by atoms with Crippen molar-refractivity contribution in [1.29, 1.82) is 0 Å². The molecule has 0 amide bonds. The molecule has 1 aromatic heterocycles. The van der Waals surface area contributed by atoms with E-state index < -0.39 is 16.8 Å². The second-order valence-corrected chi connectivity index (χ2v) is 10.3. The van der Waals surface area contributed by atoms with Crippen molar-refractivity contribution < 1.29 is 14.3 Å². The van der Waals surface area contributed by atoms with E-state index >= 15 is 0 Å². The molecule has 1 aromatic rings. The van der Waals surface area contributed by atoms with Gasteiger partial charge in [-0.05, 0) is 33.6 Å². The molecule has 1 heterocycles. The van der Waals surface area contributed by atoms with Crippen molar-refractivity contribution in [2.24, 2.45) is 5.41 Å². The average Bonchev–Trinajstić information content (AvgIpc) is 2.80. The Kier molecular flexibility index (Phi) is 15.2. The van der Waals surface area contributed by atoms with Gasteiger partial charge in [0, 0.05) is 18.5 Å². The van der Waals surface area contributed by atoms with E-state index in [1.54, 1.807) is 31.5 Å². The van der Waals surface area contributed by atoms with Gasteiger partial charge in [-0.15, -0.1) is 0 Å². The van der Waals surface area contributed by atoms with Gasteiger partial charge in [-0.1, -0.05) is 96.5 Å². The lowest BCUT2D eigenvalue weighted by Gasteiger charge is -2.17. The summed E-state index contributed by atoms with van der Waals surface area (Å²) in [5.41, 5.74) is -1.18. The van der Waals surface area contributed by atoms with Crippen LogP contribution in [-0.2, 0) is 4.79 Å². The highest BCUT2D eigenvalue weighted by Gasteiger charge is 2.26. The number of unbranched alkanes of at least 4 members (excludes halogenated alkanes) is 14. The van der Waals surface area contributed by atoms with Crippen LogP contribution in [0.5, 0.6) is 5.75 Å². The molecule has 0 aliphatic heterocycles. The van der Waals surface area contributed by atoms with Crippen LogP contribution in [0.25, 0.3) is 6.20 Å². The van der Waals surface area contributed by atoms with Crippen LogP contribution < -0.4 is 10.2 Å². The van der Waals surface area contributed by atoms with Gasteiger partial charge in [0.05, 0.1) is 5.41 Å². The molecule has 5 nitrogen and oxygen atoms in total. The number of aldehydes is 1. The second-order valence-electron chi connectivity index (χ2n) is 10.3. The Labute approximate surface area is 207 Å². The molecule has 0 fully saturated rings. The number of hydrogen-bond acceptors (Lipinski definition) is 4. The van der Waals surface area contributed by atoms with Crippen LogP contribution in [0, 0.1) is 5.41 Å². The fraction of sp³-hybridized carbons (Fsp3) is 0.690. The number of esters is 1. The highest BCUT2D eigenvalue weighted by atomic mass is 16.5. The smallest absolute Gasteiger partial charge is 0.316 e. The number of pyridine rings is 1. The minimum atomic E-state index is -0.767. The van der Waals surface area contributed by atoms with Crippen molar-refractivity contribution in [2.45, 2.75) is 124 Å². The molecule has 0 saturated carbocycles. The van der Waals surface area contributed by atoms with Crippen LogP contribution in [0.2, 0.25) is 0 Å². The van der Waals surface area contributed by atoms with E-state index in [1.165, 1.54) is 95.7 Å². The third kappa shape index (κ3) is 12.3. The maximum Gasteiger partial charge on any atom is 0.316 e. The first-order chi connectivity index (χ1) is 16.3. The minimum absolute atomic E-state index is 0.0577. The molecule has 0 aromatic carbocycles. The predicted octanol–water partition coefficient (Wildman–Crippen LogP) is 7.95. The summed E-state index contributed by atoms with van der Waals surface area (Å²) in [6.45, 7) is 7.37. The van der Waals surface area contributed by atoms with Gasteiger partial charge in [-0.2, -0.15) is 0 Å². The lowest BCUT2D eigenvalue weighted by Crippen LogP contribution is -2.28. The normalized spacial score (nSPS) is 11.8. The van der Waals surface area contributed by atoms with Crippen LogP contribution in [0.15, 0.2) is 23.1 Å². The number of nitrogens with zero attached hydrogens (tertiary/aromatic N) is 1. The summed E-state index contributed by atoms with van der Waals surface area (Å²) in [7, 11) is 0. The van der Waals surface area contributed by atoms with E-state index in [0.29, 0.717) is 6.29 Å². The van der Waals surface area contributed by atoms with Crippen molar-refractivity contribution in [2.75, 3.05) is 0 Å². The number of aromatic nitrogens is 1. The van der Waals surface area contributed by atoms with Crippen molar-refractivity contribution in [3.05, 3.63) is 34.3 Å². The Bertz CT molecular complexity index is 801. The molecule has 0 saturated heterocycles. The van der Waals surface area contributed by atoms with E-state index in [0.717, 1.165) is 12.8 Å². The van der Waals surface area contributed by atoms with Crippen LogP contribution in [0.3, 0.4) is 0 Å². The standard InChI is InChI=1S/C29H47NO4/c1-5-6-7-8-9-10-11-12-13-14-15-16-17-18-19-20-22-30-23-21-26(32)27(25(30)24-31)34-28(33)29(2,3)4/h20-24H,5-19H2,1-4H3. The summed E-state index contributed by atoms with van der Waals surface area (Å²) in [5.74, 6) is -0.754. The molecule has 0 aliphatic rings. The third-order valence-electron chi connectivity index (χ3n) is 6.03. The molecular weight excluding hydrogens is 426 g/mol. The summed E-state index contributed by atoms with van der Waals surface area (Å²) in [4.78, 5) is 36.0. The van der Waals surface area contributed by atoms with Crippen molar-refractivity contribution in [3.63, 3.8) is 0 Å². The molecule has 1 rings (SSSR count). The van der Waals surface area contributed by atoms with Crippen LogP contribution >= 0.6 is 0 Å². The predicted molar refractivity (Wildman–Crippen MR) is 141 cm³/mol. The zero-order valence-corrected chi connectivity index (χ0v) is 22.1. The maximum absolute atomic E-state index is 12.2. The zero-order chi connectivity index (χ0) is 25.2. The fourth-order valence-corrected chi connectivity index (χ4v) is 3.79.